The van der Waals surface area contributed by atoms with Crippen molar-refractivity contribution in [1.82, 2.24) is 19.6 Å². The highest BCUT2D eigenvalue weighted by Crippen LogP contribution is 2.39. The largest absolute Gasteiger partial charge is 0.480 e. The summed E-state index contributed by atoms with van der Waals surface area (Å²) in [5.74, 6) is -0.0226. The number of carboxylic acid groups (broad SMARTS) is 1. The maximum absolute atomic E-state index is 14.4. The Hall–Kier alpha value is -3.08. The molecule has 0 spiro atoms. The van der Waals surface area contributed by atoms with Crippen LogP contribution in [0.5, 0.6) is 0 Å². The van der Waals surface area contributed by atoms with Gasteiger partial charge in [0.25, 0.3) is 0 Å². The molecule has 3 atom stereocenters. The second-order valence-corrected chi connectivity index (χ2v) is 16.1. The number of hydrogen-bond donors (Lipinski definition) is 1. The molecule has 1 aromatic heterocycles. The number of halogens is 1. The second kappa shape index (κ2) is 14.6. The highest BCUT2D eigenvalue weighted by atomic mass is 32.2. The van der Waals surface area contributed by atoms with E-state index in [1.54, 1.807) is 24.3 Å². The van der Waals surface area contributed by atoms with E-state index in [1.807, 2.05) is 18.2 Å². The number of hydrogen-bond acceptors (Lipinski definition) is 6. The fraction of sp³-hybridized carbons (Fsp3) is 0.568. The number of aromatic nitrogens is 2. The van der Waals surface area contributed by atoms with Gasteiger partial charge >= 0.3 is 5.97 Å². The minimum absolute atomic E-state index is 0.101. The van der Waals surface area contributed by atoms with E-state index in [0.29, 0.717) is 23.8 Å². The molecule has 1 aliphatic carbocycles. The highest BCUT2D eigenvalue weighted by Gasteiger charge is 2.43. The quantitative estimate of drug-likeness (QED) is 0.270. The normalized spacial score (nSPS) is 22.9. The van der Waals surface area contributed by atoms with E-state index in [1.165, 1.54) is 24.4 Å². The smallest absolute Gasteiger partial charge is 0.321 e. The van der Waals surface area contributed by atoms with Crippen LogP contribution in [0.2, 0.25) is 0 Å². The summed E-state index contributed by atoms with van der Waals surface area (Å²) in [5.41, 5.74) is 4.26. The molecule has 3 aromatic rings. The minimum atomic E-state index is -3.22. The summed E-state index contributed by atoms with van der Waals surface area (Å²) in [6, 6.07) is 15.7. The van der Waals surface area contributed by atoms with Gasteiger partial charge in [-0.05, 0) is 99.0 Å². The van der Waals surface area contributed by atoms with Crippen molar-refractivity contribution in [1.29, 1.82) is 0 Å². The Morgan fingerprint density at radius 2 is 1.72 bits per heavy atom. The van der Waals surface area contributed by atoms with Gasteiger partial charge in [0, 0.05) is 56.4 Å². The number of benzene rings is 2. The lowest BCUT2D eigenvalue weighted by atomic mass is 9.83. The van der Waals surface area contributed by atoms with Crippen LogP contribution in [0.15, 0.2) is 59.5 Å². The average Bonchev–Trinajstić information content (AvgIpc) is 3.65. The molecule has 10 heteroatoms. The van der Waals surface area contributed by atoms with Gasteiger partial charge in [0.1, 0.15) is 11.9 Å². The van der Waals surface area contributed by atoms with Gasteiger partial charge in [-0.2, -0.15) is 5.10 Å². The van der Waals surface area contributed by atoms with Crippen LogP contribution in [-0.4, -0.2) is 84.1 Å². The van der Waals surface area contributed by atoms with Crippen LogP contribution in [0.1, 0.15) is 86.2 Å². The number of aryl methyl sites for hydroxylation is 1. The summed E-state index contributed by atoms with van der Waals surface area (Å²) >= 11 is 0. The summed E-state index contributed by atoms with van der Waals surface area (Å²) in [6.45, 7) is 7.09. The summed E-state index contributed by atoms with van der Waals surface area (Å²) < 4.78 is 40.2. The van der Waals surface area contributed by atoms with Crippen LogP contribution >= 0.6 is 0 Å². The molecule has 1 N–H and O–H groups in total. The first-order valence-electron chi connectivity index (χ1n) is 17.4. The molecule has 2 saturated heterocycles. The molecule has 3 heterocycles. The first kappa shape index (κ1) is 33.8. The lowest BCUT2D eigenvalue weighted by molar-refractivity contribution is -0.145. The molecule has 3 aliphatic rings. The predicted molar refractivity (Wildman–Crippen MR) is 181 cm³/mol. The van der Waals surface area contributed by atoms with E-state index in [4.69, 9.17) is 5.10 Å². The third kappa shape index (κ3) is 7.98. The maximum Gasteiger partial charge on any atom is 0.321 e. The Labute approximate surface area is 278 Å². The maximum atomic E-state index is 14.4. The van der Waals surface area contributed by atoms with Crippen LogP contribution in [0.3, 0.4) is 0 Å². The number of piperidine rings is 1. The lowest BCUT2D eigenvalue weighted by Crippen LogP contribution is -2.46. The molecular formula is C37H49FN4O4S. The van der Waals surface area contributed by atoms with E-state index in [-0.39, 0.29) is 23.6 Å². The summed E-state index contributed by atoms with van der Waals surface area (Å²) in [6.07, 6.45) is 9.26. The number of likely N-dealkylation sites (tertiary alicyclic amines) is 2. The average molecular weight is 665 g/mol. The molecule has 0 bridgehead atoms. The van der Waals surface area contributed by atoms with Crippen LogP contribution < -0.4 is 0 Å². The van der Waals surface area contributed by atoms with Crippen molar-refractivity contribution < 1.29 is 22.7 Å². The molecule has 8 nitrogen and oxygen atoms in total. The van der Waals surface area contributed by atoms with Gasteiger partial charge < -0.3 is 10.0 Å². The Kier molecular flexibility index (Phi) is 10.5. The van der Waals surface area contributed by atoms with Gasteiger partial charge in [0.2, 0.25) is 0 Å². The third-order valence-electron chi connectivity index (χ3n) is 10.9. The fourth-order valence-corrected chi connectivity index (χ4v) is 9.13. The van der Waals surface area contributed by atoms with Gasteiger partial charge in [0.15, 0.2) is 9.84 Å². The van der Waals surface area contributed by atoms with Crippen LogP contribution in [0, 0.1) is 17.7 Å². The standard InChI is InChI=1S/C37H49FN4O4S/c1-3-42-35(22-32(39-42)20-26-12-14-33(15-13-26)47(2,45)46)27-16-18-40(19-17-27)23-30-24-41(25-34(30)29-10-7-11-31(38)21-29)36(37(43)44)28-8-5-4-6-9-28/h7,10-15,21-22,27-28,30,34,36H,3-6,8-9,16-20,23-25H2,1-2H3,(H,43,44)/t30-,34+,36+/m0/s1. The fourth-order valence-electron chi connectivity index (χ4n) is 8.50. The number of carbonyl (C=O) groups is 1. The van der Waals surface area contributed by atoms with Crippen molar-refractivity contribution in [3.05, 3.63) is 82.9 Å². The van der Waals surface area contributed by atoms with E-state index in [9.17, 15) is 22.7 Å². The third-order valence-corrected chi connectivity index (χ3v) is 12.0. The lowest BCUT2D eigenvalue weighted by Gasteiger charge is -2.35. The van der Waals surface area contributed by atoms with E-state index < -0.39 is 21.8 Å². The highest BCUT2D eigenvalue weighted by molar-refractivity contribution is 7.90. The van der Waals surface area contributed by atoms with E-state index in [0.717, 1.165) is 88.1 Å². The van der Waals surface area contributed by atoms with Gasteiger partial charge in [-0.25, -0.2) is 12.8 Å². The molecule has 1 saturated carbocycles. The van der Waals surface area contributed by atoms with Crippen LogP contribution in [0.4, 0.5) is 4.39 Å². The first-order chi connectivity index (χ1) is 22.6. The Bertz CT molecular complexity index is 1630. The van der Waals surface area contributed by atoms with Crippen molar-refractivity contribution in [2.75, 3.05) is 39.0 Å². The zero-order valence-corrected chi connectivity index (χ0v) is 28.5. The molecule has 3 fully saturated rings. The Morgan fingerprint density at radius 1 is 1.00 bits per heavy atom. The molecule has 254 valence electrons. The molecule has 0 radical (unpaired) electrons. The van der Waals surface area contributed by atoms with Crippen molar-refractivity contribution in [3.63, 3.8) is 0 Å². The van der Waals surface area contributed by atoms with Gasteiger partial charge in [-0.15, -0.1) is 0 Å². The number of sulfone groups is 1. The van der Waals surface area contributed by atoms with Gasteiger partial charge in [0.05, 0.1) is 10.6 Å². The van der Waals surface area contributed by atoms with Crippen LogP contribution in [0.25, 0.3) is 0 Å². The number of aliphatic carboxylic acids is 1. The Balaban J connectivity index is 1.12. The number of nitrogens with zero attached hydrogens (tertiary/aromatic N) is 4. The molecule has 6 rings (SSSR count). The van der Waals surface area contributed by atoms with Crippen molar-refractivity contribution in [2.24, 2.45) is 11.8 Å². The summed E-state index contributed by atoms with van der Waals surface area (Å²) in [7, 11) is -3.22. The molecule has 2 aliphatic heterocycles. The minimum Gasteiger partial charge on any atom is -0.480 e. The Morgan fingerprint density at radius 3 is 2.36 bits per heavy atom. The van der Waals surface area contributed by atoms with Gasteiger partial charge in [-0.1, -0.05) is 43.5 Å². The summed E-state index contributed by atoms with van der Waals surface area (Å²) in [4.78, 5) is 17.7. The monoisotopic (exact) mass is 664 g/mol. The van der Waals surface area contributed by atoms with Crippen LogP contribution in [-0.2, 0) is 27.6 Å². The van der Waals surface area contributed by atoms with E-state index >= 15 is 0 Å². The van der Waals surface area contributed by atoms with E-state index in [2.05, 4.69) is 27.5 Å². The topological polar surface area (TPSA) is 95.7 Å². The first-order valence-corrected chi connectivity index (χ1v) is 19.3. The molecule has 0 amide bonds. The molecular weight excluding hydrogens is 615 g/mol. The number of rotatable bonds is 11. The molecule has 0 unspecified atom stereocenters. The summed E-state index contributed by atoms with van der Waals surface area (Å²) in [5, 5.41) is 15.3. The molecule has 47 heavy (non-hydrogen) atoms. The zero-order valence-electron chi connectivity index (χ0n) is 27.7. The van der Waals surface area contributed by atoms with Gasteiger partial charge in [-0.3, -0.25) is 14.4 Å². The molecule has 2 aromatic carbocycles. The zero-order chi connectivity index (χ0) is 33.1. The van der Waals surface area contributed by atoms with Crippen molar-refractivity contribution in [2.45, 2.75) is 87.6 Å². The SMILES string of the molecule is CCn1nc(Cc2ccc(S(C)(=O)=O)cc2)cc1C1CCN(C[C@H]2CN([C@@H](C(=O)O)C3CCCCC3)C[C@@H]2c2cccc(F)c2)CC1. The second-order valence-electron chi connectivity index (χ2n) is 14.1. The number of carboxylic acids is 1. The van der Waals surface area contributed by atoms with Crippen molar-refractivity contribution in [3.8, 4) is 0 Å². The van der Waals surface area contributed by atoms with Crippen molar-refractivity contribution >= 4 is 15.8 Å². The predicted octanol–water partition coefficient (Wildman–Crippen LogP) is 5.96.